The quantitative estimate of drug-likeness (QED) is 0.371. The van der Waals surface area contributed by atoms with Gasteiger partial charge in [-0.1, -0.05) is 23.4 Å². The van der Waals surface area contributed by atoms with E-state index in [0.717, 1.165) is 16.7 Å². The molecule has 0 bridgehead atoms. The van der Waals surface area contributed by atoms with E-state index >= 15 is 0 Å². The van der Waals surface area contributed by atoms with Crippen LogP contribution in [0.15, 0.2) is 41.6 Å². The van der Waals surface area contributed by atoms with E-state index in [4.69, 9.17) is 25.8 Å². The molecule has 0 spiro atoms. The van der Waals surface area contributed by atoms with Gasteiger partial charge in [0.05, 0.1) is 30.5 Å². The summed E-state index contributed by atoms with van der Waals surface area (Å²) in [6.45, 7) is 3.32. The van der Waals surface area contributed by atoms with Gasteiger partial charge in [-0.25, -0.2) is 4.79 Å². The van der Waals surface area contributed by atoms with Crippen LogP contribution in [-0.2, 0) is 9.53 Å². The predicted molar refractivity (Wildman–Crippen MR) is 126 cm³/mol. The number of nitrogens with one attached hydrogen (secondary N) is 1. The van der Waals surface area contributed by atoms with E-state index in [9.17, 15) is 9.59 Å². The van der Waals surface area contributed by atoms with E-state index in [2.05, 4.69) is 15.5 Å². The summed E-state index contributed by atoms with van der Waals surface area (Å²) in [5.74, 6) is 0.320. The molecule has 33 heavy (non-hydrogen) atoms. The van der Waals surface area contributed by atoms with Crippen LogP contribution < -0.4 is 14.8 Å². The minimum atomic E-state index is -1.06. The second-order valence-electron chi connectivity index (χ2n) is 6.84. The molecule has 1 amide bonds. The fourth-order valence-electron chi connectivity index (χ4n) is 2.99. The first kappa shape index (κ1) is 24.4. The molecule has 3 aromatic rings. The lowest BCUT2D eigenvalue weighted by Gasteiger charge is -2.16. The molecule has 0 radical (unpaired) electrons. The molecule has 0 saturated carbocycles. The lowest BCUT2D eigenvalue weighted by atomic mass is 10.2. The standard InChI is InChI=1S/C22H23ClN4O5S/c1-12(20(28)24-17-10-16(23)18(30-3)11-19(17)31-4)32-21(29)14-6-8-15(9-7-14)27-13(2)25-26-22(27)33-5/h6-12H,1-5H3,(H,24,28). The molecule has 1 N–H and O–H groups in total. The van der Waals surface area contributed by atoms with Crippen molar-refractivity contribution in [1.82, 2.24) is 14.8 Å². The number of ether oxygens (including phenoxy) is 3. The van der Waals surface area contributed by atoms with Crippen molar-refractivity contribution in [3.63, 3.8) is 0 Å². The molecule has 9 nitrogen and oxygen atoms in total. The Kier molecular flexibility index (Phi) is 7.83. The summed E-state index contributed by atoms with van der Waals surface area (Å²) in [4.78, 5) is 25.2. The summed E-state index contributed by atoms with van der Waals surface area (Å²) in [7, 11) is 2.93. The number of aromatic nitrogens is 3. The molecule has 11 heteroatoms. The maximum absolute atomic E-state index is 12.6. The molecule has 1 unspecified atom stereocenters. The van der Waals surface area contributed by atoms with Crippen molar-refractivity contribution < 1.29 is 23.8 Å². The summed E-state index contributed by atoms with van der Waals surface area (Å²) in [5, 5.41) is 11.9. The topological polar surface area (TPSA) is 105 Å². The van der Waals surface area contributed by atoms with E-state index < -0.39 is 18.0 Å². The Morgan fingerprint density at radius 1 is 1.09 bits per heavy atom. The summed E-state index contributed by atoms with van der Waals surface area (Å²) < 4.78 is 17.6. The van der Waals surface area contributed by atoms with Crippen LogP contribution in [0, 0.1) is 6.92 Å². The molecule has 1 aromatic heterocycles. The maximum atomic E-state index is 12.6. The van der Waals surface area contributed by atoms with Gasteiger partial charge < -0.3 is 19.5 Å². The van der Waals surface area contributed by atoms with E-state index in [1.165, 1.54) is 39.0 Å². The van der Waals surface area contributed by atoms with Gasteiger partial charge in [0.15, 0.2) is 11.3 Å². The van der Waals surface area contributed by atoms with E-state index in [-0.39, 0.29) is 0 Å². The lowest BCUT2D eigenvalue weighted by Crippen LogP contribution is -2.30. The number of benzene rings is 2. The van der Waals surface area contributed by atoms with E-state index in [0.29, 0.717) is 27.8 Å². The van der Waals surface area contributed by atoms with E-state index in [1.54, 1.807) is 30.3 Å². The molecular formula is C22H23ClN4O5S. The van der Waals surface area contributed by atoms with Crippen molar-refractivity contribution in [2.45, 2.75) is 25.1 Å². The average Bonchev–Trinajstić information content (AvgIpc) is 3.19. The minimum Gasteiger partial charge on any atom is -0.495 e. The second-order valence-corrected chi connectivity index (χ2v) is 8.02. The number of aryl methyl sites for hydroxylation is 1. The van der Waals surface area contributed by atoms with Gasteiger partial charge in [0.1, 0.15) is 17.3 Å². The van der Waals surface area contributed by atoms with Gasteiger partial charge in [-0.3, -0.25) is 9.36 Å². The van der Waals surface area contributed by atoms with Gasteiger partial charge >= 0.3 is 5.97 Å². The zero-order chi connectivity index (χ0) is 24.1. The van der Waals surface area contributed by atoms with Crippen LogP contribution in [0.3, 0.4) is 0 Å². The minimum absolute atomic E-state index is 0.297. The number of hydrogen-bond donors (Lipinski definition) is 1. The van der Waals surface area contributed by atoms with Gasteiger partial charge in [0, 0.05) is 11.8 Å². The number of hydrogen-bond acceptors (Lipinski definition) is 8. The van der Waals surface area contributed by atoms with Gasteiger partial charge in [-0.2, -0.15) is 0 Å². The van der Waals surface area contributed by atoms with Crippen molar-refractivity contribution in [3.05, 3.63) is 52.8 Å². The van der Waals surface area contributed by atoms with Crippen LogP contribution in [-0.4, -0.2) is 53.2 Å². The number of nitrogens with zero attached hydrogens (tertiary/aromatic N) is 3. The SMILES string of the molecule is COc1cc(OC)c(NC(=O)C(C)OC(=O)c2ccc(-n3c(C)nnc3SC)cc2)cc1Cl. The average molecular weight is 491 g/mol. The third kappa shape index (κ3) is 5.40. The molecular weight excluding hydrogens is 468 g/mol. The number of rotatable bonds is 8. The third-order valence-corrected chi connectivity index (χ3v) is 5.65. The Labute approximate surface area is 200 Å². The van der Waals surface area contributed by atoms with Gasteiger partial charge in [-0.15, -0.1) is 10.2 Å². The van der Waals surface area contributed by atoms with Crippen LogP contribution in [0.5, 0.6) is 11.5 Å². The number of methoxy groups -OCH3 is 2. The molecule has 0 aliphatic carbocycles. The predicted octanol–water partition coefficient (Wildman–Crippen LogP) is 4.15. The Balaban J connectivity index is 1.68. The fraction of sp³-hybridized carbons (Fsp3) is 0.273. The smallest absolute Gasteiger partial charge is 0.338 e. The number of amides is 1. The van der Waals surface area contributed by atoms with E-state index in [1.807, 2.05) is 17.7 Å². The highest BCUT2D eigenvalue weighted by Gasteiger charge is 2.21. The number of thioether (sulfide) groups is 1. The summed E-state index contributed by atoms with van der Waals surface area (Å²) in [6.07, 6.45) is 0.846. The highest BCUT2D eigenvalue weighted by molar-refractivity contribution is 7.98. The second kappa shape index (κ2) is 10.6. The Bertz CT molecular complexity index is 1170. The first-order valence-corrected chi connectivity index (χ1v) is 11.4. The van der Waals surface area contributed by atoms with Crippen molar-refractivity contribution in [3.8, 4) is 17.2 Å². The Morgan fingerprint density at radius 3 is 2.36 bits per heavy atom. The number of carbonyl (C=O) groups is 2. The highest BCUT2D eigenvalue weighted by Crippen LogP contribution is 2.36. The summed E-state index contributed by atoms with van der Waals surface area (Å²) in [5.41, 5.74) is 1.45. The summed E-state index contributed by atoms with van der Waals surface area (Å²) >= 11 is 7.60. The van der Waals surface area contributed by atoms with Crippen LogP contribution in [0.2, 0.25) is 5.02 Å². The van der Waals surface area contributed by atoms with Crippen LogP contribution in [0.25, 0.3) is 5.69 Å². The molecule has 1 atom stereocenters. The lowest BCUT2D eigenvalue weighted by molar-refractivity contribution is -0.123. The van der Waals surface area contributed by atoms with Gasteiger partial charge in [-0.05, 0) is 50.4 Å². The Morgan fingerprint density at radius 2 is 1.76 bits per heavy atom. The normalized spacial score (nSPS) is 11.6. The molecule has 2 aromatic carbocycles. The highest BCUT2D eigenvalue weighted by atomic mass is 35.5. The molecule has 0 aliphatic heterocycles. The number of carbonyl (C=O) groups excluding carboxylic acids is 2. The fourth-order valence-corrected chi connectivity index (χ4v) is 3.78. The number of anilines is 1. The molecule has 174 valence electrons. The van der Waals surface area contributed by atoms with Crippen molar-refractivity contribution >= 4 is 40.9 Å². The van der Waals surface area contributed by atoms with Crippen molar-refractivity contribution in [2.75, 3.05) is 25.8 Å². The first-order valence-electron chi connectivity index (χ1n) is 9.78. The van der Waals surface area contributed by atoms with Crippen molar-refractivity contribution in [2.24, 2.45) is 0 Å². The molecule has 0 saturated heterocycles. The monoisotopic (exact) mass is 490 g/mol. The van der Waals surface area contributed by atoms with Crippen LogP contribution >= 0.6 is 23.4 Å². The van der Waals surface area contributed by atoms with Crippen LogP contribution in [0.1, 0.15) is 23.1 Å². The Hall–Kier alpha value is -3.24. The zero-order valence-corrected chi connectivity index (χ0v) is 20.3. The van der Waals surface area contributed by atoms with Gasteiger partial charge in [0.25, 0.3) is 5.91 Å². The molecule has 0 fully saturated rings. The third-order valence-electron chi connectivity index (χ3n) is 4.72. The first-order chi connectivity index (χ1) is 15.8. The zero-order valence-electron chi connectivity index (χ0n) is 18.7. The molecule has 0 aliphatic rings. The van der Waals surface area contributed by atoms with Crippen molar-refractivity contribution in [1.29, 1.82) is 0 Å². The number of halogens is 1. The summed E-state index contributed by atoms with van der Waals surface area (Å²) in [6, 6.07) is 9.83. The molecule has 3 rings (SSSR count). The van der Waals surface area contributed by atoms with Crippen LogP contribution in [0.4, 0.5) is 5.69 Å². The largest absolute Gasteiger partial charge is 0.495 e. The molecule has 1 heterocycles. The van der Waals surface area contributed by atoms with Gasteiger partial charge in [0.2, 0.25) is 0 Å². The number of esters is 1. The maximum Gasteiger partial charge on any atom is 0.338 e.